The zero-order valence-electron chi connectivity index (χ0n) is 9.05. The van der Waals surface area contributed by atoms with E-state index in [0.29, 0.717) is 10.6 Å². The minimum atomic E-state index is 0.227. The van der Waals surface area contributed by atoms with Crippen LogP contribution in [0.5, 0.6) is 0 Å². The molecule has 1 unspecified atom stereocenters. The molecule has 2 nitrogen and oxygen atoms in total. The molecule has 0 aromatic heterocycles. The van der Waals surface area contributed by atoms with Gasteiger partial charge < -0.3 is 5.32 Å². The van der Waals surface area contributed by atoms with Crippen LogP contribution in [0.2, 0.25) is 5.02 Å². The summed E-state index contributed by atoms with van der Waals surface area (Å²) in [6, 6.07) is 7.72. The fourth-order valence-electron chi connectivity index (χ4n) is 1.42. The van der Waals surface area contributed by atoms with Crippen molar-refractivity contribution in [2.24, 2.45) is 0 Å². The van der Waals surface area contributed by atoms with Crippen LogP contribution in [0.25, 0.3) is 0 Å². The van der Waals surface area contributed by atoms with Gasteiger partial charge in [0.05, 0.1) is 11.6 Å². The predicted molar refractivity (Wildman–Crippen MR) is 62.9 cm³/mol. The van der Waals surface area contributed by atoms with Crippen molar-refractivity contribution < 1.29 is 0 Å². The van der Waals surface area contributed by atoms with Gasteiger partial charge in [-0.05, 0) is 37.6 Å². The maximum atomic E-state index is 8.71. The summed E-state index contributed by atoms with van der Waals surface area (Å²) < 4.78 is 0. The van der Waals surface area contributed by atoms with Gasteiger partial charge in [0.15, 0.2) is 0 Å². The van der Waals surface area contributed by atoms with Crippen molar-refractivity contribution in [2.75, 3.05) is 6.54 Å². The largest absolute Gasteiger partial charge is 0.310 e. The van der Waals surface area contributed by atoms with Gasteiger partial charge in [0.2, 0.25) is 0 Å². The summed E-state index contributed by atoms with van der Waals surface area (Å²) in [6.45, 7) is 5.17. The highest BCUT2D eigenvalue weighted by atomic mass is 35.5. The highest BCUT2D eigenvalue weighted by molar-refractivity contribution is 6.31. The normalized spacial score (nSPS) is 12.1. The highest BCUT2D eigenvalue weighted by Gasteiger charge is 2.08. The van der Waals surface area contributed by atoms with Crippen LogP contribution < -0.4 is 5.32 Å². The van der Waals surface area contributed by atoms with E-state index in [1.54, 1.807) is 12.1 Å². The van der Waals surface area contributed by atoms with Crippen molar-refractivity contribution in [3.8, 4) is 6.07 Å². The van der Waals surface area contributed by atoms with Gasteiger partial charge in [-0.25, -0.2) is 0 Å². The molecule has 0 aliphatic heterocycles. The Morgan fingerprint density at radius 2 is 2.27 bits per heavy atom. The molecule has 0 amide bonds. The maximum Gasteiger partial charge on any atom is 0.0992 e. The Kier molecular flexibility index (Phi) is 4.61. The number of rotatable bonds is 4. The molecule has 0 heterocycles. The third-order valence-electron chi connectivity index (χ3n) is 2.30. The summed E-state index contributed by atoms with van der Waals surface area (Å²) in [5.74, 6) is 0. The average Bonchev–Trinajstić information content (AvgIpc) is 2.25. The van der Waals surface area contributed by atoms with Crippen molar-refractivity contribution in [3.63, 3.8) is 0 Å². The molecule has 15 heavy (non-hydrogen) atoms. The van der Waals surface area contributed by atoms with Crippen molar-refractivity contribution >= 4 is 11.6 Å². The molecule has 80 valence electrons. The van der Waals surface area contributed by atoms with E-state index in [2.05, 4.69) is 25.2 Å². The number of nitriles is 1. The summed E-state index contributed by atoms with van der Waals surface area (Å²) in [5, 5.41) is 12.7. The minimum Gasteiger partial charge on any atom is -0.310 e. The second-order valence-electron chi connectivity index (χ2n) is 3.52. The summed E-state index contributed by atoms with van der Waals surface area (Å²) in [7, 11) is 0. The zero-order valence-corrected chi connectivity index (χ0v) is 9.80. The van der Waals surface area contributed by atoms with Gasteiger partial charge in [0.1, 0.15) is 0 Å². The van der Waals surface area contributed by atoms with E-state index in [9.17, 15) is 0 Å². The standard InChI is InChI=1S/C12H15ClN2/c1-3-6-15-9(2)11-5-4-10(8-14)7-12(11)13/h4-5,7,9,15H,3,6H2,1-2H3. The second kappa shape index (κ2) is 5.75. The molecule has 0 bridgehead atoms. The van der Waals surface area contributed by atoms with Crippen LogP contribution >= 0.6 is 11.6 Å². The predicted octanol–water partition coefficient (Wildman–Crippen LogP) is 3.27. The summed E-state index contributed by atoms with van der Waals surface area (Å²) >= 11 is 6.09. The Bertz CT molecular complexity index is 368. The fraction of sp³-hybridized carbons (Fsp3) is 0.417. The summed E-state index contributed by atoms with van der Waals surface area (Å²) in [5.41, 5.74) is 1.65. The molecule has 0 saturated heterocycles. The first-order chi connectivity index (χ1) is 7.19. The molecule has 1 aromatic carbocycles. The van der Waals surface area contributed by atoms with Crippen LogP contribution in [0.1, 0.15) is 37.4 Å². The Balaban J connectivity index is 2.82. The number of benzene rings is 1. The molecule has 0 fully saturated rings. The molecule has 0 radical (unpaired) electrons. The molecule has 1 rings (SSSR count). The van der Waals surface area contributed by atoms with E-state index >= 15 is 0 Å². The van der Waals surface area contributed by atoms with Crippen LogP contribution in [-0.2, 0) is 0 Å². The highest BCUT2D eigenvalue weighted by Crippen LogP contribution is 2.23. The van der Waals surface area contributed by atoms with E-state index in [0.717, 1.165) is 18.5 Å². The Labute approximate surface area is 95.9 Å². The number of nitrogens with one attached hydrogen (secondary N) is 1. The van der Waals surface area contributed by atoms with E-state index in [1.165, 1.54) is 0 Å². The van der Waals surface area contributed by atoms with Crippen LogP contribution in [0.15, 0.2) is 18.2 Å². The van der Waals surface area contributed by atoms with Crippen LogP contribution in [0, 0.1) is 11.3 Å². The Hall–Kier alpha value is -1.04. The molecule has 1 N–H and O–H groups in total. The average molecular weight is 223 g/mol. The number of hydrogen-bond acceptors (Lipinski definition) is 2. The van der Waals surface area contributed by atoms with E-state index in [4.69, 9.17) is 16.9 Å². The van der Waals surface area contributed by atoms with E-state index < -0.39 is 0 Å². The smallest absolute Gasteiger partial charge is 0.0992 e. The van der Waals surface area contributed by atoms with Gasteiger partial charge in [-0.2, -0.15) is 5.26 Å². The second-order valence-corrected chi connectivity index (χ2v) is 3.93. The van der Waals surface area contributed by atoms with Crippen molar-refractivity contribution in [2.45, 2.75) is 26.3 Å². The SMILES string of the molecule is CCCNC(C)c1ccc(C#N)cc1Cl. The van der Waals surface area contributed by atoms with Crippen LogP contribution in [-0.4, -0.2) is 6.54 Å². The van der Waals surface area contributed by atoms with Crippen LogP contribution in [0.3, 0.4) is 0 Å². The maximum absolute atomic E-state index is 8.71. The zero-order chi connectivity index (χ0) is 11.3. The lowest BCUT2D eigenvalue weighted by atomic mass is 10.1. The van der Waals surface area contributed by atoms with Crippen molar-refractivity contribution in [1.29, 1.82) is 5.26 Å². The summed E-state index contributed by atoms with van der Waals surface area (Å²) in [6.07, 6.45) is 1.10. The van der Waals surface area contributed by atoms with Crippen molar-refractivity contribution in [1.82, 2.24) is 5.32 Å². The fourth-order valence-corrected chi connectivity index (χ4v) is 1.76. The molecule has 1 atom stereocenters. The molecular weight excluding hydrogens is 208 g/mol. The van der Waals surface area contributed by atoms with Gasteiger partial charge in [-0.3, -0.25) is 0 Å². The van der Waals surface area contributed by atoms with Crippen LogP contribution in [0.4, 0.5) is 0 Å². The van der Waals surface area contributed by atoms with Crippen molar-refractivity contribution in [3.05, 3.63) is 34.3 Å². The van der Waals surface area contributed by atoms with Gasteiger partial charge in [0.25, 0.3) is 0 Å². The quantitative estimate of drug-likeness (QED) is 0.849. The lowest BCUT2D eigenvalue weighted by molar-refractivity contribution is 0.571. The summed E-state index contributed by atoms with van der Waals surface area (Å²) in [4.78, 5) is 0. The third-order valence-corrected chi connectivity index (χ3v) is 2.62. The van der Waals surface area contributed by atoms with Gasteiger partial charge in [-0.15, -0.1) is 0 Å². The topological polar surface area (TPSA) is 35.8 Å². The van der Waals surface area contributed by atoms with Gasteiger partial charge in [0, 0.05) is 11.1 Å². The van der Waals surface area contributed by atoms with E-state index in [-0.39, 0.29) is 6.04 Å². The van der Waals surface area contributed by atoms with Gasteiger partial charge in [-0.1, -0.05) is 24.6 Å². The molecule has 3 heteroatoms. The number of hydrogen-bond donors (Lipinski definition) is 1. The molecule has 0 aliphatic carbocycles. The Morgan fingerprint density at radius 3 is 2.80 bits per heavy atom. The number of nitrogens with zero attached hydrogens (tertiary/aromatic N) is 1. The molecule has 0 saturated carbocycles. The monoisotopic (exact) mass is 222 g/mol. The molecule has 0 aliphatic rings. The Morgan fingerprint density at radius 1 is 1.53 bits per heavy atom. The third kappa shape index (κ3) is 3.23. The molecular formula is C12H15ClN2. The first-order valence-electron chi connectivity index (χ1n) is 5.12. The lowest BCUT2D eigenvalue weighted by Crippen LogP contribution is -2.19. The molecule has 1 aromatic rings. The van der Waals surface area contributed by atoms with Gasteiger partial charge >= 0.3 is 0 Å². The molecule has 0 spiro atoms. The first kappa shape index (κ1) is 12.0. The number of halogens is 1. The lowest BCUT2D eigenvalue weighted by Gasteiger charge is -2.15. The van der Waals surface area contributed by atoms with E-state index in [1.807, 2.05) is 6.07 Å². The minimum absolute atomic E-state index is 0.227. The first-order valence-corrected chi connectivity index (χ1v) is 5.49.